The van der Waals surface area contributed by atoms with Crippen LogP contribution in [0.3, 0.4) is 0 Å². The second-order valence-electron chi connectivity index (χ2n) is 4.41. The fourth-order valence-corrected chi connectivity index (χ4v) is 2.69. The van der Waals surface area contributed by atoms with E-state index in [1.54, 1.807) is 0 Å². The van der Waals surface area contributed by atoms with Crippen LogP contribution in [0.25, 0.3) is 0 Å². The molecule has 2 heterocycles. The highest BCUT2D eigenvalue weighted by Gasteiger charge is 2.12. The molecule has 2 aromatic heterocycles. The van der Waals surface area contributed by atoms with E-state index in [1.165, 1.54) is 10.4 Å². The third kappa shape index (κ3) is 3.09. The summed E-state index contributed by atoms with van der Waals surface area (Å²) in [4.78, 5) is 8.07. The smallest absolute Gasteiger partial charge is 0.125 e. The average Bonchev–Trinajstić information content (AvgIpc) is 2.92. The van der Waals surface area contributed by atoms with E-state index in [0.717, 1.165) is 12.4 Å². The lowest BCUT2D eigenvalue weighted by molar-refractivity contribution is 0.256. The first-order valence-corrected chi connectivity index (χ1v) is 6.95. The maximum Gasteiger partial charge on any atom is 0.125 e. The van der Waals surface area contributed by atoms with Crippen molar-refractivity contribution in [1.29, 1.82) is 0 Å². The molecule has 4 heteroatoms. The zero-order valence-corrected chi connectivity index (χ0v) is 11.9. The Kier molecular flexibility index (Phi) is 4.33. The van der Waals surface area contributed by atoms with Crippen LogP contribution in [-0.2, 0) is 6.54 Å². The largest absolute Gasteiger partial charge is 0.373 e. The van der Waals surface area contributed by atoms with E-state index in [-0.39, 0.29) is 0 Å². The summed E-state index contributed by atoms with van der Waals surface area (Å²) in [5.74, 6) is 0.910. The fourth-order valence-electron chi connectivity index (χ4n) is 1.84. The van der Waals surface area contributed by atoms with Gasteiger partial charge in [0.15, 0.2) is 0 Å². The maximum atomic E-state index is 4.34. The van der Waals surface area contributed by atoms with Crippen LogP contribution >= 0.6 is 11.3 Å². The van der Waals surface area contributed by atoms with Crippen molar-refractivity contribution < 1.29 is 0 Å². The van der Waals surface area contributed by atoms with E-state index in [9.17, 15) is 0 Å². The molecule has 0 aromatic carbocycles. The first-order chi connectivity index (χ1) is 8.70. The molecule has 0 saturated heterocycles. The highest BCUT2D eigenvalue weighted by atomic mass is 32.1. The Hall–Kier alpha value is -1.39. The van der Waals surface area contributed by atoms with Gasteiger partial charge >= 0.3 is 0 Å². The molecule has 96 valence electrons. The summed E-state index contributed by atoms with van der Waals surface area (Å²) >= 11 is 1.81. The monoisotopic (exact) mass is 261 g/mol. The van der Waals surface area contributed by atoms with Gasteiger partial charge in [0.2, 0.25) is 0 Å². The molecule has 1 unspecified atom stereocenters. The Morgan fingerprint density at radius 1 is 1.39 bits per heavy atom. The number of hydrogen-bond donors (Lipinski definition) is 1. The van der Waals surface area contributed by atoms with Gasteiger partial charge in [0.25, 0.3) is 0 Å². The number of thiophene rings is 1. The molecular formula is C14H19N3S. The summed E-state index contributed by atoms with van der Waals surface area (Å²) < 4.78 is 0. The quantitative estimate of drug-likeness (QED) is 0.894. The lowest BCUT2D eigenvalue weighted by Crippen LogP contribution is -2.21. The van der Waals surface area contributed by atoms with E-state index in [1.807, 2.05) is 30.6 Å². The molecule has 0 spiro atoms. The van der Waals surface area contributed by atoms with Gasteiger partial charge in [-0.2, -0.15) is 0 Å². The molecule has 0 radical (unpaired) electrons. The minimum atomic E-state index is 0.439. The molecular weight excluding hydrogens is 242 g/mol. The zero-order valence-electron chi connectivity index (χ0n) is 11.1. The van der Waals surface area contributed by atoms with Crippen molar-refractivity contribution in [3.8, 4) is 0 Å². The third-order valence-corrected chi connectivity index (χ3v) is 4.17. The average molecular weight is 261 g/mol. The van der Waals surface area contributed by atoms with E-state index in [4.69, 9.17) is 0 Å². The van der Waals surface area contributed by atoms with E-state index in [2.05, 4.69) is 52.8 Å². The Bertz CT molecular complexity index is 464. The Morgan fingerprint density at radius 3 is 2.78 bits per heavy atom. The van der Waals surface area contributed by atoms with Crippen LogP contribution in [0.4, 0.5) is 5.82 Å². The molecule has 1 N–H and O–H groups in total. The lowest BCUT2D eigenvalue weighted by Gasteiger charge is -2.23. The topological polar surface area (TPSA) is 28.2 Å². The van der Waals surface area contributed by atoms with Crippen molar-refractivity contribution >= 4 is 17.2 Å². The van der Waals surface area contributed by atoms with Gasteiger partial charge in [0, 0.05) is 30.7 Å². The molecule has 0 bridgehead atoms. The molecule has 0 saturated carbocycles. The van der Waals surface area contributed by atoms with Crippen LogP contribution in [0.5, 0.6) is 0 Å². The van der Waals surface area contributed by atoms with E-state index >= 15 is 0 Å². The van der Waals surface area contributed by atoms with Gasteiger partial charge in [-0.25, -0.2) is 4.98 Å². The number of aromatic nitrogens is 1. The first-order valence-electron chi connectivity index (χ1n) is 6.07. The van der Waals surface area contributed by atoms with E-state index in [0.29, 0.717) is 6.04 Å². The van der Waals surface area contributed by atoms with E-state index < -0.39 is 0 Å². The first kappa shape index (κ1) is 13.1. The second kappa shape index (κ2) is 5.98. The molecule has 1 atom stereocenters. The number of nitrogens with zero attached hydrogens (tertiary/aromatic N) is 2. The predicted molar refractivity (Wildman–Crippen MR) is 78.0 cm³/mol. The molecule has 0 aliphatic carbocycles. The Balaban J connectivity index is 1.99. The zero-order chi connectivity index (χ0) is 13.0. The minimum Gasteiger partial charge on any atom is -0.373 e. The number of rotatable bonds is 5. The van der Waals surface area contributed by atoms with Gasteiger partial charge in [-0.3, -0.25) is 4.90 Å². The van der Waals surface area contributed by atoms with Crippen LogP contribution in [0.1, 0.15) is 23.4 Å². The van der Waals surface area contributed by atoms with Crippen LogP contribution in [0.15, 0.2) is 35.8 Å². The third-order valence-electron chi connectivity index (χ3n) is 3.13. The van der Waals surface area contributed by atoms with Crippen LogP contribution in [0, 0.1) is 0 Å². The Labute approximate surface area is 112 Å². The Morgan fingerprint density at radius 2 is 2.22 bits per heavy atom. The number of hydrogen-bond acceptors (Lipinski definition) is 4. The minimum absolute atomic E-state index is 0.439. The summed E-state index contributed by atoms with van der Waals surface area (Å²) in [6, 6.07) is 8.87. The highest BCUT2D eigenvalue weighted by molar-refractivity contribution is 7.10. The van der Waals surface area contributed by atoms with Crippen molar-refractivity contribution in [3.63, 3.8) is 0 Å². The normalized spacial score (nSPS) is 12.7. The second-order valence-corrected chi connectivity index (χ2v) is 5.39. The summed E-state index contributed by atoms with van der Waals surface area (Å²) in [5, 5.41) is 5.16. The van der Waals surface area contributed by atoms with Crippen molar-refractivity contribution in [2.24, 2.45) is 0 Å². The molecule has 2 aromatic rings. The van der Waals surface area contributed by atoms with Crippen molar-refractivity contribution in [2.45, 2.75) is 19.5 Å². The summed E-state index contributed by atoms with van der Waals surface area (Å²) in [7, 11) is 4.03. The van der Waals surface area contributed by atoms with Crippen molar-refractivity contribution in [1.82, 2.24) is 9.88 Å². The van der Waals surface area contributed by atoms with Gasteiger partial charge in [0.1, 0.15) is 5.82 Å². The maximum absolute atomic E-state index is 4.34. The van der Waals surface area contributed by atoms with Crippen molar-refractivity contribution in [2.75, 3.05) is 19.4 Å². The lowest BCUT2D eigenvalue weighted by atomic mass is 10.2. The molecule has 0 fully saturated rings. The summed E-state index contributed by atoms with van der Waals surface area (Å²) in [6.45, 7) is 3.15. The van der Waals surface area contributed by atoms with Crippen LogP contribution in [0.2, 0.25) is 0 Å². The van der Waals surface area contributed by atoms with Crippen LogP contribution < -0.4 is 5.32 Å². The molecule has 0 aliphatic rings. The van der Waals surface area contributed by atoms with Gasteiger partial charge in [-0.1, -0.05) is 12.1 Å². The molecule has 18 heavy (non-hydrogen) atoms. The standard InChI is InChI=1S/C14H19N3S/c1-11(13-5-4-8-18-13)17(3)10-12-6-7-14(15-2)16-9-12/h4-9,11H,10H2,1-3H3,(H,15,16). The molecule has 2 rings (SSSR count). The summed E-state index contributed by atoms with van der Waals surface area (Å²) in [5.41, 5.74) is 1.24. The van der Waals surface area contributed by atoms with Gasteiger partial charge in [-0.05, 0) is 37.0 Å². The molecule has 3 nitrogen and oxygen atoms in total. The van der Waals surface area contributed by atoms with Gasteiger partial charge in [-0.15, -0.1) is 11.3 Å². The number of nitrogens with one attached hydrogen (secondary N) is 1. The fraction of sp³-hybridized carbons (Fsp3) is 0.357. The predicted octanol–water partition coefficient (Wildman–Crippen LogP) is 3.38. The molecule has 0 amide bonds. The number of pyridine rings is 1. The SMILES string of the molecule is CNc1ccc(CN(C)C(C)c2cccs2)cn1. The summed E-state index contributed by atoms with van der Waals surface area (Å²) in [6.07, 6.45) is 1.93. The van der Waals surface area contributed by atoms with Gasteiger partial charge < -0.3 is 5.32 Å². The molecule has 0 aliphatic heterocycles. The van der Waals surface area contributed by atoms with Gasteiger partial charge in [0.05, 0.1) is 0 Å². The number of anilines is 1. The highest BCUT2D eigenvalue weighted by Crippen LogP contribution is 2.24. The van der Waals surface area contributed by atoms with Crippen molar-refractivity contribution in [3.05, 3.63) is 46.3 Å². The van der Waals surface area contributed by atoms with Crippen LogP contribution in [-0.4, -0.2) is 24.0 Å².